The van der Waals surface area contributed by atoms with Crippen LogP contribution in [0.4, 0.5) is 0 Å². The summed E-state index contributed by atoms with van der Waals surface area (Å²) >= 11 is 0. The number of hydrogen-bond acceptors (Lipinski definition) is 7. The molecule has 2 heterocycles. The average Bonchev–Trinajstić information content (AvgIpc) is 3.42. The molecule has 10 heteroatoms. The van der Waals surface area contributed by atoms with Gasteiger partial charge in [-0.3, -0.25) is 14.3 Å². The molecule has 1 aromatic heterocycles. The van der Waals surface area contributed by atoms with E-state index in [-0.39, 0.29) is 11.6 Å². The summed E-state index contributed by atoms with van der Waals surface area (Å²) in [6, 6.07) is 27.1. The molecule has 0 aliphatic carbocycles. The van der Waals surface area contributed by atoms with Crippen molar-refractivity contribution < 1.29 is 23.4 Å². The second-order valence-electron chi connectivity index (χ2n) is 13.4. The highest BCUT2D eigenvalue weighted by molar-refractivity contribution is 6.74. The van der Waals surface area contributed by atoms with E-state index in [1.165, 1.54) is 10.6 Å². The van der Waals surface area contributed by atoms with Crippen molar-refractivity contribution in [1.29, 1.82) is 0 Å². The predicted octanol–water partition coefficient (Wildman–Crippen LogP) is 6.36. The molecule has 9 nitrogen and oxygen atoms in total. The van der Waals surface area contributed by atoms with Gasteiger partial charge in [-0.05, 0) is 66.0 Å². The lowest BCUT2D eigenvalue weighted by atomic mass is 9.80. The van der Waals surface area contributed by atoms with Crippen molar-refractivity contribution >= 4 is 8.32 Å². The number of H-pyrrole nitrogens is 1. The number of benzene rings is 3. The molecular formula is C37H45N2O7Si. The van der Waals surface area contributed by atoms with Crippen LogP contribution < -0.4 is 20.7 Å². The van der Waals surface area contributed by atoms with Gasteiger partial charge in [0.2, 0.25) is 0 Å². The number of nitrogens with zero attached hydrogens (tertiary/aromatic N) is 1. The number of methoxy groups -OCH3 is 2. The van der Waals surface area contributed by atoms with Gasteiger partial charge in [-0.25, -0.2) is 4.79 Å². The lowest BCUT2D eigenvalue weighted by Gasteiger charge is -2.39. The number of nitrogens with one attached hydrogen (secondary N) is 1. The molecule has 249 valence electrons. The minimum absolute atomic E-state index is 0.0871. The summed E-state index contributed by atoms with van der Waals surface area (Å²) in [5, 5.41) is -0.0871. The summed E-state index contributed by atoms with van der Waals surface area (Å²) in [4.78, 5) is 27.6. The second kappa shape index (κ2) is 13.6. The van der Waals surface area contributed by atoms with Crippen molar-refractivity contribution in [1.82, 2.24) is 9.55 Å². The van der Waals surface area contributed by atoms with Crippen LogP contribution in [0.25, 0.3) is 0 Å². The highest BCUT2D eigenvalue weighted by atomic mass is 28.4. The topological polar surface area (TPSA) is 101 Å². The van der Waals surface area contributed by atoms with Crippen LogP contribution in [0.5, 0.6) is 11.5 Å². The summed E-state index contributed by atoms with van der Waals surface area (Å²) in [5.41, 5.74) is 1.14. The van der Waals surface area contributed by atoms with Crippen molar-refractivity contribution in [2.24, 2.45) is 0 Å². The Morgan fingerprint density at radius 2 is 1.36 bits per heavy atom. The molecule has 0 amide bonds. The van der Waals surface area contributed by atoms with Gasteiger partial charge in [0, 0.05) is 18.2 Å². The van der Waals surface area contributed by atoms with Crippen molar-refractivity contribution in [3.05, 3.63) is 135 Å². The third-order valence-corrected chi connectivity index (χ3v) is 13.8. The molecule has 1 N–H and O–H groups in total. The fraction of sp³-hybridized carbons (Fsp3) is 0.378. The zero-order chi connectivity index (χ0) is 34.0. The Hall–Kier alpha value is -3.96. The van der Waals surface area contributed by atoms with Gasteiger partial charge in [-0.15, -0.1) is 0 Å². The van der Waals surface area contributed by atoms with Gasteiger partial charge in [0.05, 0.1) is 33.0 Å². The van der Waals surface area contributed by atoms with Crippen LogP contribution in [0.15, 0.2) is 94.5 Å². The van der Waals surface area contributed by atoms with Gasteiger partial charge in [0.1, 0.15) is 17.1 Å². The SMILES string of the molecule is COc1ccc(C(OC[C@H]2[CH][C@@H](O[Si](C)(C)C(C)(C)C)[C@H](n3c(C)cc(=O)[nH]c3=O)O2)(c2ccccc2)c2ccc(OC)cc2)cc1. The molecule has 1 aliphatic heterocycles. The van der Waals surface area contributed by atoms with Crippen molar-refractivity contribution in [3.63, 3.8) is 0 Å². The second-order valence-corrected chi connectivity index (χ2v) is 18.1. The van der Waals surface area contributed by atoms with Gasteiger partial charge >= 0.3 is 5.69 Å². The molecule has 5 rings (SSSR count). The Kier molecular flexibility index (Phi) is 9.98. The summed E-state index contributed by atoms with van der Waals surface area (Å²) in [5.74, 6) is 1.46. The van der Waals surface area contributed by atoms with Crippen LogP contribution in [0, 0.1) is 13.3 Å². The highest BCUT2D eigenvalue weighted by Gasteiger charge is 2.47. The fourth-order valence-electron chi connectivity index (χ4n) is 5.74. The minimum atomic E-state index is -2.32. The van der Waals surface area contributed by atoms with Crippen LogP contribution in [0.2, 0.25) is 18.1 Å². The Bertz CT molecular complexity index is 1710. The fourth-order valence-corrected chi connectivity index (χ4v) is 6.97. The Balaban J connectivity index is 1.57. The van der Waals surface area contributed by atoms with E-state index in [0.717, 1.165) is 28.2 Å². The largest absolute Gasteiger partial charge is 0.497 e. The summed E-state index contributed by atoms with van der Waals surface area (Å²) in [6.45, 7) is 12.7. The van der Waals surface area contributed by atoms with Crippen LogP contribution in [0.3, 0.4) is 0 Å². The highest BCUT2D eigenvalue weighted by Crippen LogP contribution is 2.44. The van der Waals surface area contributed by atoms with E-state index in [4.69, 9.17) is 23.4 Å². The first-order valence-corrected chi connectivity index (χ1v) is 18.7. The van der Waals surface area contributed by atoms with Crippen molar-refractivity contribution in [2.45, 2.75) is 69.9 Å². The molecule has 47 heavy (non-hydrogen) atoms. The summed E-state index contributed by atoms with van der Waals surface area (Å²) in [6.07, 6.45) is 0.0857. The molecule has 1 saturated heterocycles. The van der Waals surface area contributed by atoms with E-state index in [0.29, 0.717) is 5.69 Å². The number of ether oxygens (including phenoxy) is 4. The van der Waals surface area contributed by atoms with Gasteiger partial charge in [-0.2, -0.15) is 0 Å². The average molecular weight is 658 g/mol. The van der Waals surface area contributed by atoms with Gasteiger partial charge in [0.15, 0.2) is 14.5 Å². The standard InChI is InChI=1S/C37H45N2O7Si/c1-25-22-33(40)38-35(41)39(25)34-32(46-47(7,8)36(2,3)4)23-31(45-34)24-44-37(26-12-10-9-11-13-26,27-14-18-29(42-5)19-15-27)28-16-20-30(43-6)21-17-28/h9-23,31-32,34H,24H2,1-8H3,(H,38,40,41)/t31-,32-,34-/m1/s1. The molecule has 4 aromatic rings. The molecule has 0 saturated carbocycles. The number of aromatic nitrogens is 2. The lowest BCUT2D eigenvalue weighted by molar-refractivity contribution is -0.0851. The smallest absolute Gasteiger partial charge is 0.330 e. The zero-order valence-corrected chi connectivity index (χ0v) is 29.4. The quantitative estimate of drug-likeness (QED) is 0.148. The third-order valence-electron chi connectivity index (χ3n) is 9.30. The third kappa shape index (κ3) is 7.01. The predicted molar refractivity (Wildman–Crippen MR) is 185 cm³/mol. The van der Waals surface area contributed by atoms with Crippen LogP contribution >= 0.6 is 0 Å². The number of rotatable bonds is 11. The zero-order valence-electron chi connectivity index (χ0n) is 28.4. The van der Waals surface area contributed by atoms with E-state index >= 15 is 0 Å². The first-order chi connectivity index (χ1) is 22.3. The summed E-state index contributed by atoms with van der Waals surface area (Å²) < 4.78 is 33.0. The van der Waals surface area contributed by atoms with Crippen molar-refractivity contribution in [3.8, 4) is 11.5 Å². The summed E-state index contributed by atoms with van der Waals surface area (Å²) in [7, 11) is 0.961. The first kappa shape index (κ1) is 34.4. The molecule has 1 fully saturated rings. The number of hydrogen-bond donors (Lipinski definition) is 1. The minimum Gasteiger partial charge on any atom is -0.497 e. The maximum atomic E-state index is 13.2. The molecule has 3 aromatic carbocycles. The Labute approximate surface area is 277 Å². The van der Waals surface area contributed by atoms with Crippen molar-refractivity contribution in [2.75, 3.05) is 20.8 Å². The molecule has 1 aliphatic rings. The number of aryl methyl sites for hydroxylation is 1. The molecule has 0 spiro atoms. The van der Waals surface area contributed by atoms with E-state index in [2.05, 4.69) is 38.8 Å². The van der Waals surface area contributed by atoms with Crippen LogP contribution in [-0.2, 0) is 19.5 Å². The molecule has 1 radical (unpaired) electrons. The molecule has 0 bridgehead atoms. The van der Waals surface area contributed by atoms with E-state index in [1.807, 2.05) is 85.3 Å². The number of aromatic amines is 1. The van der Waals surface area contributed by atoms with E-state index in [1.54, 1.807) is 21.1 Å². The van der Waals surface area contributed by atoms with Crippen LogP contribution in [0.1, 0.15) is 49.4 Å². The maximum absolute atomic E-state index is 13.2. The van der Waals surface area contributed by atoms with E-state index in [9.17, 15) is 9.59 Å². The first-order valence-electron chi connectivity index (χ1n) is 15.8. The van der Waals surface area contributed by atoms with E-state index < -0.39 is 43.6 Å². The maximum Gasteiger partial charge on any atom is 0.330 e. The monoisotopic (exact) mass is 657 g/mol. The molecule has 0 unspecified atom stereocenters. The van der Waals surface area contributed by atoms with Gasteiger partial charge in [-0.1, -0.05) is 75.4 Å². The van der Waals surface area contributed by atoms with Gasteiger partial charge in [0.25, 0.3) is 5.56 Å². The lowest BCUT2D eigenvalue weighted by Crippen LogP contribution is -2.47. The Morgan fingerprint density at radius 3 is 1.85 bits per heavy atom. The van der Waals surface area contributed by atoms with Crippen LogP contribution in [-0.4, -0.2) is 50.9 Å². The Morgan fingerprint density at radius 1 is 0.830 bits per heavy atom. The molecule has 3 atom stereocenters. The molecular weight excluding hydrogens is 613 g/mol. The van der Waals surface area contributed by atoms with Gasteiger partial charge < -0.3 is 23.4 Å². The normalized spacial score (nSPS) is 18.7.